The molecule has 1 aromatic heterocycles. The summed E-state index contributed by atoms with van der Waals surface area (Å²) in [5.41, 5.74) is -0.0842. The van der Waals surface area contributed by atoms with Gasteiger partial charge in [-0.25, -0.2) is 9.97 Å². The minimum absolute atomic E-state index is 0.0618. The molecule has 0 aliphatic rings. The molecule has 1 aromatic carbocycles. The molecule has 0 spiro atoms. The number of rotatable bonds is 1. The van der Waals surface area contributed by atoms with Crippen LogP contribution in [0.5, 0.6) is 0 Å². The molecule has 0 fully saturated rings. The van der Waals surface area contributed by atoms with Crippen LogP contribution >= 0.6 is 23.2 Å². The smallest absolute Gasteiger partial charge is 0.216 e. The molecule has 7 heteroatoms. The Kier molecular flexibility index (Phi) is 3.69. The second kappa shape index (κ2) is 4.98. The van der Waals surface area contributed by atoms with Gasteiger partial charge in [-0.3, -0.25) is 0 Å². The first-order chi connectivity index (χ1) is 8.79. The average Bonchev–Trinajstić information content (AvgIpc) is 2.34. The Morgan fingerprint density at radius 3 is 2.16 bits per heavy atom. The van der Waals surface area contributed by atoms with Gasteiger partial charge in [-0.05, 0) is 19.1 Å². The molecule has 0 aliphatic heterocycles. The van der Waals surface area contributed by atoms with Gasteiger partial charge >= 0.3 is 6.18 Å². The highest BCUT2D eigenvalue weighted by atomic mass is 35.5. The summed E-state index contributed by atoms with van der Waals surface area (Å²) >= 11 is 11.7. The predicted molar refractivity (Wildman–Crippen MR) is 67.2 cm³/mol. The van der Waals surface area contributed by atoms with Crippen LogP contribution in [-0.2, 0) is 6.18 Å². The summed E-state index contributed by atoms with van der Waals surface area (Å²) < 4.78 is 37.8. The highest BCUT2D eigenvalue weighted by molar-refractivity contribution is 6.34. The van der Waals surface area contributed by atoms with Crippen LogP contribution < -0.4 is 0 Å². The van der Waals surface area contributed by atoms with Crippen molar-refractivity contribution >= 4 is 23.2 Å². The van der Waals surface area contributed by atoms with E-state index in [0.29, 0.717) is 5.56 Å². The van der Waals surface area contributed by atoms with E-state index < -0.39 is 11.7 Å². The van der Waals surface area contributed by atoms with Crippen molar-refractivity contribution in [1.82, 2.24) is 9.97 Å². The van der Waals surface area contributed by atoms with Gasteiger partial charge in [-0.15, -0.1) is 0 Å². The first kappa shape index (κ1) is 14.1. The largest absolute Gasteiger partial charge is 0.416 e. The summed E-state index contributed by atoms with van der Waals surface area (Å²) in [6.45, 7) is 1.63. The van der Waals surface area contributed by atoms with E-state index in [9.17, 15) is 13.2 Å². The van der Waals surface area contributed by atoms with Gasteiger partial charge in [0.25, 0.3) is 0 Å². The van der Waals surface area contributed by atoms with E-state index in [4.69, 9.17) is 23.2 Å². The van der Waals surface area contributed by atoms with E-state index in [1.165, 1.54) is 12.1 Å². The summed E-state index contributed by atoms with van der Waals surface area (Å²) in [4.78, 5) is 7.86. The lowest BCUT2D eigenvalue weighted by atomic mass is 10.1. The lowest BCUT2D eigenvalue weighted by Crippen LogP contribution is -2.05. The molecule has 0 saturated carbocycles. The van der Waals surface area contributed by atoms with Crippen molar-refractivity contribution in [3.05, 3.63) is 45.7 Å². The second-order valence-electron chi connectivity index (χ2n) is 3.83. The third-order valence-corrected chi connectivity index (χ3v) is 3.21. The van der Waals surface area contributed by atoms with Gasteiger partial charge in [0.1, 0.15) is 10.3 Å². The van der Waals surface area contributed by atoms with E-state index in [2.05, 4.69) is 9.97 Å². The molecule has 0 bridgehead atoms. The molecule has 0 atom stereocenters. The Morgan fingerprint density at radius 1 is 1.05 bits per heavy atom. The summed E-state index contributed by atoms with van der Waals surface area (Å²) in [5, 5.41) is 0.236. The standard InChI is InChI=1S/C12H7Cl2F3N2/c1-6-9(13)18-11(19-10(6)14)7-3-2-4-8(5-7)12(15,16)17/h2-5H,1H3. The molecule has 2 nitrogen and oxygen atoms in total. The fourth-order valence-corrected chi connectivity index (χ4v) is 1.81. The molecular formula is C12H7Cl2F3N2. The van der Waals surface area contributed by atoms with Gasteiger partial charge in [0.05, 0.1) is 5.56 Å². The molecule has 0 unspecified atom stereocenters. The van der Waals surface area contributed by atoms with E-state index in [0.717, 1.165) is 12.1 Å². The van der Waals surface area contributed by atoms with Crippen molar-refractivity contribution < 1.29 is 13.2 Å². The number of alkyl halides is 3. The lowest BCUT2D eigenvalue weighted by molar-refractivity contribution is -0.137. The van der Waals surface area contributed by atoms with E-state index >= 15 is 0 Å². The van der Waals surface area contributed by atoms with Gasteiger partial charge in [0.2, 0.25) is 0 Å². The fourth-order valence-electron chi connectivity index (χ4n) is 1.43. The molecule has 19 heavy (non-hydrogen) atoms. The van der Waals surface area contributed by atoms with Crippen molar-refractivity contribution in [3.8, 4) is 11.4 Å². The molecule has 0 saturated heterocycles. The molecule has 0 N–H and O–H groups in total. The Balaban J connectivity index is 2.54. The number of nitrogens with zero attached hydrogens (tertiary/aromatic N) is 2. The van der Waals surface area contributed by atoms with Crippen LogP contribution in [0.1, 0.15) is 11.1 Å². The third-order valence-electron chi connectivity index (χ3n) is 2.48. The third kappa shape index (κ3) is 2.98. The van der Waals surface area contributed by atoms with Crippen molar-refractivity contribution in [3.63, 3.8) is 0 Å². The number of halogens is 5. The normalized spacial score (nSPS) is 11.7. The van der Waals surface area contributed by atoms with E-state index in [-0.39, 0.29) is 21.7 Å². The van der Waals surface area contributed by atoms with Crippen molar-refractivity contribution in [2.24, 2.45) is 0 Å². The molecule has 1 heterocycles. The van der Waals surface area contributed by atoms with Gasteiger partial charge in [0, 0.05) is 11.1 Å². The van der Waals surface area contributed by atoms with Crippen molar-refractivity contribution in [2.45, 2.75) is 13.1 Å². The Hall–Kier alpha value is -1.33. The Morgan fingerprint density at radius 2 is 1.63 bits per heavy atom. The maximum absolute atomic E-state index is 12.6. The summed E-state index contributed by atoms with van der Waals surface area (Å²) in [7, 11) is 0. The van der Waals surface area contributed by atoms with Gasteiger partial charge in [0.15, 0.2) is 5.82 Å². The highest BCUT2D eigenvalue weighted by Gasteiger charge is 2.30. The Labute approximate surface area is 117 Å². The van der Waals surface area contributed by atoms with Crippen LogP contribution in [0.3, 0.4) is 0 Å². The number of hydrogen-bond acceptors (Lipinski definition) is 2. The summed E-state index contributed by atoms with van der Waals surface area (Å²) in [6.07, 6.45) is -4.42. The highest BCUT2D eigenvalue weighted by Crippen LogP contribution is 2.32. The molecule has 0 radical (unpaired) electrons. The molecule has 0 aliphatic carbocycles. The van der Waals surface area contributed by atoms with Crippen LogP contribution in [0.15, 0.2) is 24.3 Å². The first-order valence-electron chi connectivity index (χ1n) is 5.16. The molecule has 0 amide bonds. The first-order valence-corrected chi connectivity index (χ1v) is 5.92. The SMILES string of the molecule is Cc1c(Cl)nc(-c2cccc(C(F)(F)F)c2)nc1Cl. The molecule has 100 valence electrons. The Bertz CT molecular complexity index is 604. The van der Waals surface area contributed by atoms with E-state index in [1.807, 2.05) is 0 Å². The lowest BCUT2D eigenvalue weighted by Gasteiger charge is -2.09. The number of benzene rings is 1. The van der Waals surface area contributed by atoms with Crippen LogP contribution in [-0.4, -0.2) is 9.97 Å². The maximum atomic E-state index is 12.6. The number of aromatic nitrogens is 2. The number of hydrogen-bond donors (Lipinski definition) is 0. The minimum atomic E-state index is -4.42. The zero-order valence-electron chi connectivity index (χ0n) is 9.59. The predicted octanol–water partition coefficient (Wildman–Crippen LogP) is 4.78. The zero-order valence-corrected chi connectivity index (χ0v) is 11.1. The zero-order chi connectivity index (χ0) is 14.2. The molecular weight excluding hydrogens is 300 g/mol. The van der Waals surface area contributed by atoms with Gasteiger partial charge < -0.3 is 0 Å². The fraction of sp³-hybridized carbons (Fsp3) is 0.167. The van der Waals surface area contributed by atoms with Crippen LogP contribution in [0.25, 0.3) is 11.4 Å². The monoisotopic (exact) mass is 306 g/mol. The van der Waals surface area contributed by atoms with Crippen LogP contribution in [0.4, 0.5) is 13.2 Å². The van der Waals surface area contributed by atoms with Crippen molar-refractivity contribution in [1.29, 1.82) is 0 Å². The van der Waals surface area contributed by atoms with Crippen molar-refractivity contribution in [2.75, 3.05) is 0 Å². The van der Waals surface area contributed by atoms with Crippen LogP contribution in [0, 0.1) is 6.92 Å². The topological polar surface area (TPSA) is 25.8 Å². The van der Waals surface area contributed by atoms with Gasteiger partial charge in [-0.2, -0.15) is 13.2 Å². The molecule has 2 aromatic rings. The summed E-state index contributed by atoms with van der Waals surface area (Å²) in [5.74, 6) is 0.0618. The molecule has 2 rings (SSSR count). The minimum Gasteiger partial charge on any atom is -0.216 e. The maximum Gasteiger partial charge on any atom is 0.416 e. The van der Waals surface area contributed by atoms with E-state index in [1.54, 1.807) is 6.92 Å². The average molecular weight is 307 g/mol. The van der Waals surface area contributed by atoms with Crippen LogP contribution in [0.2, 0.25) is 10.3 Å². The quantitative estimate of drug-likeness (QED) is 0.709. The van der Waals surface area contributed by atoms with Gasteiger partial charge in [-0.1, -0.05) is 35.3 Å². The second-order valence-corrected chi connectivity index (χ2v) is 4.55. The summed E-state index contributed by atoms with van der Waals surface area (Å²) in [6, 6.07) is 4.67.